The molecule has 1 amide bonds. The Kier molecular flexibility index (Phi) is 6.14. The Balaban J connectivity index is 1.55. The Morgan fingerprint density at radius 3 is 2.58 bits per heavy atom. The van der Waals surface area contributed by atoms with Crippen molar-refractivity contribution in [1.29, 1.82) is 0 Å². The second-order valence-electron chi connectivity index (χ2n) is 7.38. The predicted octanol–water partition coefficient (Wildman–Crippen LogP) is 5.28. The van der Waals surface area contributed by atoms with Gasteiger partial charge in [-0.25, -0.2) is 9.78 Å². The summed E-state index contributed by atoms with van der Waals surface area (Å²) in [6.07, 6.45) is 0. The van der Waals surface area contributed by atoms with Crippen molar-refractivity contribution in [1.82, 2.24) is 4.98 Å². The average molecular weight is 461 g/mol. The molecule has 0 unspecified atom stereocenters. The summed E-state index contributed by atoms with van der Waals surface area (Å²) in [5.41, 5.74) is 2.90. The number of carbonyl (C=O) groups excluding carboxylic acids is 2. The number of carbonyl (C=O) groups is 2. The van der Waals surface area contributed by atoms with Crippen LogP contribution in [0.2, 0.25) is 0 Å². The van der Waals surface area contributed by atoms with E-state index in [1.54, 1.807) is 38.1 Å². The molecule has 0 saturated heterocycles. The summed E-state index contributed by atoms with van der Waals surface area (Å²) in [6.45, 7) is 2.95. The van der Waals surface area contributed by atoms with E-state index in [0.29, 0.717) is 16.6 Å². The first-order chi connectivity index (χ1) is 15.8. The third-order valence-electron chi connectivity index (χ3n) is 5.13. The van der Waals surface area contributed by atoms with Gasteiger partial charge in [0.25, 0.3) is 11.6 Å². The second kappa shape index (κ2) is 9.17. The van der Waals surface area contributed by atoms with E-state index in [4.69, 9.17) is 4.74 Å². The van der Waals surface area contributed by atoms with Crippen LogP contribution in [0.25, 0.3) is 21.5 Å². The van der Waals surface area contributed by atoms with Crippen molar-refractivity contribution in [2.75, 3.05) is 11.9 Å². The van der Waals surface area contributed by atoms with E-state index < -0.39 is 23.4 Å². The SMILES string of the molecule is Cc1cc(NC(=O)COC(=O)c2cc(-c3cccs3)nc3ccccc23)c([N+](=O)[O-])cc1C. The molecular weight excluding hydrogens is 442 g/mol. The number of fused-ring (bicyclic) bond motifs is 1. The molecule has 4 aromatic rings. The Bertz CT molecular complexity index is 1380. The molecule has 9 heteroatoms. The normalized spacial score (nSPS) is 10.7. The molecule has 0 radical (unpaired) electrons. The number of benzene rings is 2. The number of ether oxygens (including phenoxy) is 1. The van der Waals surface area contributed by atoms with E-state index in [2.05, 4.69) is 10.3 Å². The summed E-state index contributed by atoms with van der Waals surface area (Å²) in [6, 6.07) is 15.5. The van der Waals surface area contributed by atoms with Gasteiger partial charge in [-0.1, -0.05) is 24.3 Å². The minimum absolute atomic E-state index is 0.0542. The number of amides is 1. The van der Waals surface area contributed by atoms with Crippen LogP contribution in [0.1, 0.15) is 21.5 Å². The van der Waals surface area contributed by atoms with E-state index in [0.717, 1.165) is 16.0 Å². The van der Waals surface area contributed by atoms with Gasteiger partial charge in [-0.15, -0.1) is 11.3 Å². The number of rotatable bonds is 6. The van der Waals surface area contributed by atoms with Gasteiger partial charge in [-0.3, -0.25) is 14.9 Å². The maximum absolute atomic E-state index is 12.9. The van der Waals surface area contributed by atoms with Crippen LogP contribution in [0.4, 0.5) is 11.4 Å². The number of pyridine rings is 1. The van der Waals surface area contributed by atoms with Gasteiger partial charge in [-0.2, -0.15) is 0 Å². The predicted molar refractivity (Wildman–Crippen MR) is 127 cm³/mol. The number of nitrogens with zero attached hydrogens (tertiary/aromatic N) is 2. The monoisotopic (exact) mass is 461 g/mol. The van der Waals surface area contributed by atoms with Crippen LogP contribution in [0, 0.1) is 24.0 Å². The van der Waals surface area contributed by atoms with Crippen molar-refractivity contribution in [2.45, 2.75) is 13.8 Å². The smallest absolute Gasteiger partial charge is 0.339 e. The van der Waals surface area contributed by atoms with E-state index in [-0.39, 0.29) is 16.9 Å². The first-order valence-corrected chi connectivity index (χ1v) is 10.9. The van der Waals surface area contributed by atoms with Gasteiger partial charge < -0.3 is 10.1 Å². The first kappa shape index (κ1) is 22.1. The van der Waals surface area contributed by atoms with Gasteiger partial charge in [0.05, 0.1) is 26.6 Å². The number of hydrogen-bond donors (Lipinski definition) is 1. The molecule has 4 rings (SSSR count). The number of nitro benzene ring substituents is 1. The van der Waals surface area contributed by atoms with Crippen LogP contribution in [0.5, 0.6) is 0 Å². The Morgan fingerprint density at radius 1 is 1.09 bits per heavy atom. The molecule has 8 nitrogen and oxygen atoms in total. The minimum atomic E-state index is -0.684. The van der Waals surface area contributed by atoms with Gasteiger partial charge in [0.2, 0.25) is 0 Å². The molecule has 0 aliphatic carbocycles. The lowest BCUT2D eigenvalue weighted by atomic mass is 10.1. The fourth-order valence-corrected chi connectivity index (χ4v) is 4.03. The topological polar surface area (TPSA) is 111 Å². The number of hydrogen-bond acceptors (Lipinski definition) is 7. The zero-order valence-corrected chi connectivity index (χ0v) is 18.6. The van der Waals surface area contributed by atoms with Crippen LogP contribution >= 0.6 is 11.3 Å². The molecule has 2 aromatic heterocycles. The highest BCUT2D eigenvalue weighted by Gasteiger charge is 2.20. The zero-order chi connectivity index (χ0) is 23.5. The molecule has 0 bridgehead atoms. The summed E-state index contributed by atoms with van der Waals surface area (Å²) in [4.78, 5) is 41.6. The molecule has 0 fully saturated rings. The third kappa shape index (κ3) is 4.73. The van der Waals surface area contributed by atoms with Crippen molar-refractivity contribution in [3.63, 3.8) is 0 Å². The van der Waals surface area contributed by atoms with Gasteiger partial charge in [-0.05, 0) is 54.6 Å². The number of aromatic nitrogens is 1. The standard InChI is InChI=1S/C24H19N3O5S/c1-14-10-19(21(27(30)31)11-15(14)2)26-23(28)13-32-24(29)17-12-20(22-8-5-9-33-22)25-18-7-4-3-6-16(17)18/h3-12H,13H2,1-2H3,(H,26,28). The van der Waals surface area contributed by atoms with Crippen molar-refractivity contribution >= 4 is 45.5 Å². The van der Waals surface area contributed by atoms with Crippen LogP contribution < -0.4 is 5.32 Å². The summed E-state index contributed by atoms with van der Waals surface area (Å²) < 4.78 is 5.25. The molecule has 2 heterocycles. The fraction of sp³-hybridized carbons (Fsp3) is 0.125. The van der Waals surface area contributed by atoms with Crippen LogP contribution in [-0.2, 0) is 9.53 Å². The average Bonchev–Trinajstić information content (AvgIpc) is 3.34. The lowest BCUT2D eigenvalue weighted by molar-refractivity contribution is -0.384. The maximum atomic E-state index is 12.9. The number of aryl methyl sites for hydroxylation is 2. The van der Waals surface area contributed by atoms with Crippen molar-refractivity contribution in [3.05, 3.63) is 86.8 Å². The van der Waals surface area contributed by atoms with Gasteiger partial charge in [0.1, 0.15) is 5.69 Å². The van der Waals surface area contributed by atoms with Gasteiger partial charge >= 0.3 is 5.97 Å². The quantitative estimate of drug-likeness (QED) is 0.237. The molecule has 2 aromatic carbocycles. The van der Waals surface area contributed by atoms with Gasteiger partial charge in [0, 0.05) is 11.5 Å². The van der Waals surface area contributed by atoms with E-state index in [1.165, 1.54) is 23.5 Å². The molecule has 0 atom stereocenters. The molecule has 33 heavy (non-hydrogen) atoms. The number of para-hydroxylation sites is 1. The van der Waals surface area contributed by atoms with E-state index >= 15 is 0 Å². The van der Waals surface area contributed by atoms with Crippen LogP contribution in [-0.4, -0.2) is 28.4 Å². The number of nitrogens with one attached hydrogen (secondary N) is 1. The highest BCUT2D eigenvalue weighted by atomic mass is 32.1. The summed E-state index contributed by atoms with van der Waals surface area (Å²) >= 11 is 1.50. The molecule has 1 N–H and O–H groups in total. The van der Waals surface area contributed by atoms with Crippen LogP contribution in [0.15, 0.2) is 60.0 Å². The third-order valence-corrected chi connectivity index (χ3v) is 6.02. The molecular formula is C24H19N3O5S. The molecule has 0 spiro atoms. The highest BCUT2D eigenvalue weighted by Crippen LogP contribution is 2.29. The summed E-state index contributed by atoms with van der Waals surface area (Å²) in [7, 11) is 0. The molecule has 0 aliphatic rings. The van der Waals surface area contributed by atoms with Crippen molar-refractivity contribution in [3.8, 4) is 10.6 Å². The summed E-state index contributed by atoms with van der Waals surface area (Å²) in [5, 5.41) is 16.3. The largest absolute Gasteiger partial charge is 0.452 e. The van der Waals surface area contributed by atoms with Crippen molar-refractivity contribution in [2.24, 2.45) is 0 Å². The Labute approximate surface area is 193 Å². The van der Waals surface area contributed by atoms with Crippen LogP contribution in [0.3, 0.4) is 0 Å². The zero-order valence-electron chi connectivity index (χ0n) is 17.8. The molecule has 166 valence electrons. The van der Waals surface area contributed by atoms with E-state index in [9.17, 15) is 19.7 Å². The minimum Gasteiger partial charge on any atom is -0.452 e. The fourth-order valence-electron chi connectivity index (χ4n) is 3.34. The first-order valence-electron chi connectivity index (χ1n) is 10.00. The summed E-state index contributed by atoms with van der Waals surface area (Å²) in [5.74, 6) is -1.36. The highest BCUT2D eigenvalue weighted by molar-refractivity contribution is 7.13. The number of anilines is 1. The number of thiophene rings is 1. The lowest BCUT2D eigenvalue weighted by Gasteiger charge is -2.11. The molecule has 0 saturated carbocycles. The number of nitro groups is 1. The van der Waals surface area contributed by atoms with Gasteiger partial charge in [0.15, 0.2) is 6.61 Å². The van der Waals surface area contributed by atoms with E-state index in [1.807, 2.05) is 23.6 Å². The Morgan fingerprint density at radius 2 is 1.85 bits per heavy atom. The van der Waals surface area contributed by atoms with Crippen molar-refractivity contribution < 1.29 is 19.2 Å². The second-order valence-corrected chi connectivity index (χ2v) is 8.33. The number of esters is 1. The maximum Gasteiger partial charge on any atom is 0.339 e. The molecule has 0 aliphatic heterocycles. The lowest BCUT2D eigenvalue weighted by Crippen LogP contribution is -2.21. The Hall–Kier alpha value is -4.11.